The fourth-order valence-electron chi connectivity index (χ4n) is 2.28. The van der Waals surface area contributed by atoms with Crippen molar-refractivity contribution in [1.29, 1.82) is 0 Å². The fraction of sp³-hybridized carbons (Fsp3) is 0.118. The largest absolute Gasteiger partial charge is 0.496 e. The van der Waals surface area contributed by atoms with Gasteiger partial charge in [0.1, 0.15) is 11.6 Å². The molecule has 0 amide bonds. The number of para-hydroxylation sites is 1. The second kappa shape index (κ2) is 5.74. The van der Waals surface area contributed by atoms with Crippen LogP contribution in [0.4, 0.5) is 4.39 Å². The number of fused-ring (bicyclic) bond motifs is 1. The number of carbonyl (C=O) groups is 1. The monoisotopic (exact) mass is 300 g/mol. The van der Waals surface area contributed by atoms with Crippen LogP contribution in [0.25, 0.3) is 6.08 Å². The summed E-state index contributed by atoms with van der Waals surface area (Å²) in [7, 11) is 1.60. The van der Waals surface area contributed by atoms with Crippen molar-refractivity contribution >= 4 is 23.6 Å². The van der Waals surface area contributed by atoms with Crippen molar-refractivity contribution in [2.24, 2.45) is 0 Å². The highest BCUT2D eigenvalue weighted by molar-refractivity contribution is 7.99. The molecule has 0 fully saturated rings. The molecule has 0 saturated carbocycles. The zero-order chi connectivity index (χ0) is 14.8. The molecule has 0 N–H and O–H groups in total. The van der Waals surface area contributed by atoms with Gasteiger partial charge in [0, 0.05) is 27.3 Å². The lowest BCUT2D eigenvalue weighted by atomic mass is 10.0. The standard InChI is InChI=1S/C17H13FO2S/c1-20-15-5-3-2-4-11(15)8-12-10-21-16-7-6-13(18)9-14(16)17(12)19/h2-9H,10H2,1H3/b12-8+. The number of benzene rings is 2. The number of ether oxygens (including phenoxy) is 1. The van der Waals surface area contributed by atoms with Crippen LogP contribution in [-0.2, 0) is 0 Å². The predicted octanol–water partition coefficient (Wildman–Crippen LogP) is 4.21. The third-order valence-corrected chi connectivity index (χ3v) is 4.45. The van der Waals surface area contributed by atoms with E-state index in [-0.39, 0.29) is 11.6 Å². The van der Waals surface area contributed by atoms with Crippen molar-refractivity contribution < 1.29 is 13.9 Å². The molecule has 1 heterocycles. The Morgan fingerprint density at radius 3 is 2.86 bits per heavy atom. The van der Waals surface area contributed by atoms with E-state index in [4.69, 9.17) is 4.74 Å². The van der Waals surface area contributed by atoms with E-state index in [1.165, 1.54) is 12.1 Å². The summed E-state index contributed by atoms with van der Waals surface area (Å²) in [4.78, 5) is 13.3. The minimum absolute atomic E-state index is 0.117. The first kappa shape index (κ1) is 13.9. The lowest BCUT2D eigenvalue weighted by Crippen LogP contribution is -2.12. The molecule has 1 aliphatic heterocycles. The number of hydrogen-bond donors (Lipinski definition) is 0. The molecule has 0 atom stereocenters. The SMILES string of the molecule is COc1ccccc1/C=C1\CSc2ccc(F)cc2C1=O. The van der Waals surface area contributed by atoms with Crippen molar-refractivity contribution in [1.82, 2.24) is 0 Å². The number of rotatable bonds is 2. The summed E-state index contributed by atoms with van der Waals surface area (Å²) in [6.07, 6.45) is 1.82. The molecule has 0 aliphatic carbocycles. The molecule has 21 heavy (non-hydrogen) atoms. The lowest BCUT2D eigenvalue weighted by molar-refractivity contribution is 0.103. The first-order valence-corrected chi connectivity index (χ1v) is 7.48. The highest BCUT2D eigenvalue weighted by atomic mass is 32.2. The number of methoxy groups -OCH3 is 1. The van der Waals surface area contributed by atoms with E-state index in [1.54, 1.807) is 24.9 Å². The Bertz CT molecular complexity index is 737. The average Bonchev–Trinajstić information content (AvgIpc) is 2.51. The van der Waals surface area contributed by atoms with E-state index >= 15 is 0 Å². The van der Waals surface area contributed by atoms with E-state index in [1.807, 2.05) is 30.3 Å². The molecular weight excluding hydrogens is 287 g/mol. The van der Waals surface area contributed by atoms with Crippen molar-refractivity contribution in [3.8, 4) is 5.75 Å². The van der Waals surface area contributed by atoms with Gasteiger partial charge in [0.25, 0.3) is 0 Å². The van der Waals surface area contributed by atoms with Gasteiger partial charge in [-0.05, 0) is 30.3 Å². The zero-order valence-corrected chi connectivity index (χ0v) is 12.2. The summed E-state index contributed by atoms with van der Waals surface area (Å²) in [6.45, 7) is 0. The zero-order valence-electron chi connectivity index (χ0n) is 11.4. The Morgan fingerprint density at radius 1 is 1.24 bits per heavy atom. The molecule has 1 aliphatic rings. The fourth-order valence-corrected chi connectivity index (χ4v) is 3.28. The van der Waals surface area contributed by atoms with Crippen LogP contribution in [0.1, 0.15) is 15.9 Å². The molecule has 2 nitrogen and oxygen atoms in total. The number of Topliss-reactive ketones (excluding diaryl/α,β-unsaturated/α-hetero) is 1. The van der Waals surface area contributed by atoms with Crippen LogP contribution in [0.5, 0.6) is 5.75 Å². The number of halogens is 1. The van der Waals surface area contributed by atoms with Gasteiger partial charge in [0.15, 0.2) is 5.78 Å². The number of hydrogen-bond acceptors (Lipinski definition) is 3. The van der Waals surface area contributed by atoms with Crippen molar-refractivity contribution in [2.75, 3.05) is 12.9 Å². The quantitative estimate of drug-likeness (QED) is 0.777. The van der Waals surface area contributed by atoms with Gasteiger partial charge >= 0.3 is 0 Å². The highest BCUT2D eigenvalue weighted by Gasteiger charge is 2.23. The Hall–Kier alpha value is -2.07. The first-order chi connectivity index (χ1) is 10.2. The van der Waals surface area contributed by atoms with Crippen molar-refractivity contribution in [2.45, 2.75) is 4.90 Å². The molecule has 106 valence electrons. The normalized spacial score (nSPS) is 15.9. The van der Waals surface area contributed by atoms with Gasteiger partial charge < -0.3 is 4.74 Å². The third kappa shape index (κ3) is 2.72. The summed E-state index contributed by atoms with van der Waals surface area (Å²) < 4.78 is 18.6. The maximum absolute atomic E-state index is 13.3. The molecule has 0 aromatic heterocycles. The summed E-state index contributed by atoms with van der Waals surface area (Å²) in [5.41, 5.74) is 1.94. The molecule has 0 bridgehead atoms. The topological polar surface area (TPSA) is 26.3 Å². The van der Waals surface area contributed by atoms with Crippen LogP contribution in [0.15, 0.2) is 52.9 Å². The highest BCUT2D eigenvalue weighted by Crippen LogP contribution is 2.34. The Morgan fingerprint density at radius 2 is 2.05 bits per heavy atom. The number of ketones is 1. The van der Waals surface area contributed by atoms with E-state index < -0.39 is 0 Å². The molecule has 0 radical (unpaired) electrons. The van der Waals surface area contributed by atoms with Crippen LogP contribution in [0.2, 0.25) is 0 Å². The Balaban J connectivity index is 2.01. The molecular formula is C17H13FO2S. The molecule has 0 saturated heterocycles. The van der Waals surface area contributed by atoms with Crippen LogP contribution in [0.3, 0.4) is 0 Å². The van der Waals surface area contributed by atoms with Gasteiger partial charge in [-0.1, -0.05) is 18.2 Å². The summed E-state index contributed by atoms with van der Waals surface area (Å²) in [6, 6.07) is 11.9. The van der Waals surface area contributed by atoms with Crippen LogP contribution in [0, 0.1) is 5.82 Å². The van der Waals surface area contributed by atoms with E-state index in [0.717, 1.165) is 10.5 Å². The van der Waals surface area contributed by atoms with Gasteiger partial charge in [-0.25, -0.2) is 4.39 Å². The van der Waals surface area contributed by atoms with E-state index in [2.05, 4.69) is 0 Å². The molecule has 3 rings (SSSR count). The maximum Gasteiger partial charge on any atom is 0.191 e. The summed E-state index contributed by atoms with van der Waals surface area (Å²) in [5, 5.41) is 0. The summed E-state index contributed by atoms with van der Waals surface area (Å²) in [5.74, 6) is 0.790. The van der Waals surface area contributed by atoms with Gasteiger partial charge in [0.05, 0.1) is 7.11 Å². The molecule has 0 spiro atoms. The predicted molar refractivity (Wildman–Crippen MR) is 82.4 cm³/mol. The van der Waals surface area contributed by atoms with Crippen molar-refractivity contribution in [3.63, 3.8) is 0 Å². The first-order valence-electron chi connectivity index (χ1n) is 6.49. The van der Waals surface area contributed by atoms with Gasteiger partial charge in [-0.3, -0.25) is 4.79 Å². The summed E-state index contributed by atoms with van der Waals surface area (Å²) >= 11 is 1.55. The second-order valence-electron chi connectivity index (χ2n) is 4.67. The second-order valence-corrected chi connectivity index (χ2v) is 5.69. The van der Waals surface area contributed by atoms with Gasteiger partial charge in [-0.2, -0.15) is 0 Å². The molecule has 2 aromatic rings. The molecule has 2 aromatic carbocycles. The maximum atomic E-state index is 13.3. The van der Waals surface area contributed by atoms with Gasteiger partial charge in [0.2, 0.25) is 0 Å². The van der Waals surface area contributed by atoms with Gasteiger partial charge in [-0.15, -0.1) is 11.8 Å². The molecule has 0 unspecified atom stereocenters. The van der Waals surface area contributed by atoms with E-state index in [9.17, 15) is 9.18 Å². The minimum Gasteiger partial charge on any atom is -0.496 e. The lowest BCUT2D eigenvalue weighted by Gasteiger charge is -2.17. The molecule has 4 heteroatoms. The van der Waals surface area contributed by atoms with Crippen molar-refractivity contribution in [3.05, 3.63) is 65.0 Å². The Labute approximate surface area is 126 Å². The van der Waals surface area contributed by atoms with E-state index in [0.29, 0.717) is 22.6 Å². The van der Waals surface area contributed by atoms with Crippen LogP contribution < -0.4 is 4.74 Å². The minimum atomic E-state index is -0.388. The smallest absolute Gasteiger partial charge is 0.191 e. The van der Waals surface area contributed by atoms with Crippen LogP contribution in [-0.4, -0.2) is 18.6 Å². The number of thioether (sulfide) groups is 1. The van der Waals surface area contributed by atoms with Crippen LogP contribution >= 0.6 is 11.8 Å². The third-order valence-electron chi connectivity index (χ3n) is 3.33. The Kier molecular flexibility index (Phi) is 3.80. The average molecular weight is 300 g/mol. The number of carbonyl (C=O) groups excluding carboxylic acids is 1.